The Morgan fingerprint density at radius 3 is 1.89 bits per heavy atom. The molecule has 1 heterocycles. The summed E-state index contributed by atoms with van der Waals surface area (Å²) in [6.07, 6.45) is 14.9. The van der Waals surface area contributed by atoms with E-state index in [1.807, 2.05) is 0 Å². The van der Waals surface area contributed by atoms with Crippen LogP contribution in [0.1, 0.15) is 71.1 Å². The van der Waals surface area contributed by atoms with Crippen LogP contribution in [0.2, 0.25) is 0 Å². The molecule has 1 saturated heterocycles. The highest BCUT2D eigenvalue weighted by molar-refractivity contribution is 9.09. The molecule has 1 nitrogen and oxygen atoms in total. The summed E-state index contributed by atoms with van der Waals surface area (Å²) in [5.41, 5.74) is 0. The molecule has 2 heteroatoms. The summed E-state index contributed by atoms with van der Waals surface area (Å²) in [4.78, 5) is 0. The van der Waals surface area contributed by atoms with E-state index in [0.29, 0.717) is 0 Å². The summed E-state index contributed by atoms with van der Waals surface area (Å²) in [5, 5.41) is 1.10. The molecular weight excluding hydrogens is 288 g/mol. The number of ether oxygens (including phenoxy) is 1. The smallest absolute Gasteiger partial charge is 0.0524 e. The van der Waals surface area contributed by atoms with E-state index in [4.69, 9.17) is 4.74 Å². The molecule has 108 valence electrons. The summed E-state index contributed by atoms with van der Waals surface area (Å²) in [7, 11) is 0. The zero-order valence-corrected chi connectivity index (χ0v) is 13.7. The fraction of sp³-hybridized carbons (Fsp3) is 1.00. The lowest BCUT2D eigenvalue weighted by Gasteiger charge is -2.22. The second-order valence-corrected chi connectivity index (χ2v) is 6.56. The van der Waals surface area contributed by atoms with Crippen molar-refractivity contribution in [1.82, 2.24) is 0 Å². The average molecular weight is 319 g/mol. The first-order chi connectivity index (χ1) is 8.86. The quantitative estimate of drug-likeness (QED) is 0.399. The van der Waals surface area contributed by atoms with E-state index in [1.165, 1.54) is 64.2 Å². The third kappa shape index (κ3) is 9.38. The zero-order valence-electron chi connectivity index (χ0n) is 12.1. The molecule has 0 radical (unpaired) electrons. The Labute approximate surface area is 122 Å². The Hall–Kier alpha value is 0.440. The Kier molecular flexibility index (Phi) is 10.3. The van der Waals surface area contributed by atoms with Crippen molar-refractivity contribution in [3.05, 3.63) is 0 Å². The van der Waals surface area contributed by atoms with Gasteiger partial charge in [-0.15, -0.1) is 0 Å². The van der Waals surface area contributed by atoms with E-state index >= 15 is 0 Å². The molecule has 0 N–H and O–H groups in total. The van der Waals surface area contributed by atoms with Gasteiger partial charge in [0.2, 0.25) is 0 Å². The highest BCUT2D eigenvalue weighted by Gasteiger charge is 2.19. The first-order valence-electron chi connectivity index (χ1n) is 8.00. The van der Waals surface area contributed by atoms with Crippen LogP contribution in [0.15, 0.2) is 0 Å². The van der Waals surface area contributed by atoms with Gasteiger partial charge in [-0.3, -0.25) is 0 Å². The van der Waals surface area contributed by atoms with Crippen LogP contribution in [0.5, 0.6) is 0 Å². The van der Waals surface area contributed by atoms with Gasteiger partial charge in [0, 0.05) is 11.2 Å². The van der Waals surface area contributed by atoms with Crippen molar-refractivity contribution >= 4 is 15.9 Å². The maximum absolute atomic E-state index is 4.90. The Bertz CT molecular complexity index is 173. The van der Waals surface area contributed by atoms with Crippen molar-refractivity contribution in [3.63, 3.8) is 0 Å². The fourth-order valence-corrected chi connectivity index (χ4v) is 2.54. The highest BCUT2D eigenvalue weighted by Crippen LogP contribution is 2.34. The van der Waals surface area contributed by atoms with Gasteiger partial charge in [-0.05, 0) is 5.92 Å². The average Bonchev–Trinajstić information content (AvgIpc) is 3.11. The summed E-state index contributed by atoms with van der Waals surface area (Å²) in [6, 6.07) is 0. The number of hydrogen-bond acceptors (Lipinski definition) is 1. The van der Waals surface area contributed by atoms with Crippen molar-refractivity contribution in [1.29, 1.82) is 0 Å². The van der Waals surface area contributed by atoms with E-state index in [-0.39, 0.29) is 0 Å². The van der Waals surface area contributed by atoms with E-state index in [9.17, 15) is 0 Å². The predicted molar refractivity (Wildman–Crippen MR) is 83.4 cm³/mol. The Morgan fingerprint density at radius 2 is 1.50 bits per heavy atom. The Balaban J connectivity index is 0.000000225. The minimum Gasteiger partial charge on any atom is -0.381 e. The molecule has 0 aromatic rings. The second-order valence-electron chi connectivity index (χ2n) is 5.91. The second kappa shape index (κ2) is 11.3. The molecule has 2 fully saturated rings. The topological polar surface area (TPSA) is 9.23 Å². The van der Waals surface area contributed by atoms with E-state index < -0.39 is 0 Å². The summed E-state index contributed by atoms with van der Waals surface area (Å²) >= 11 is 3.35. The maximum Gasteiger partial charge on any atom is 0.0524 e. The van der Waals surface area contributed by atoms with Gasteiger partial charge >= 0.3 is 0 Å². The minimum atomic E-state index is 0.810. The summed E-state index contributed by atoms with van der Waals surface area (Å²) in [6.45, 7) is 4.21. The number of unbranched alkanes of at least 4 members (excludes halogenated alkanes) is 6. The van der Waals surface area contributed by atoms with Crippen LogP contribution in [0.25, 0.3) is 0 Å². The number of hydrogen-bond donors (Lipinski definition) is 0. The summed E-state index contributed by atoms with van der Waals surface area (Å²) < 4.78 is 4.90. The molecule has 0 amide bonds. The third-order valence-electron chi connectivity index (χ3n) is 3.84. The van der Waals surface area contributed by atoms with Gasteiger partial charge in [0.1, 0.15) is 0 Å². The highest BCUT2D eigenvalue weighted by atomic mass is 79.9. The van der Waals surface area contributed by atoms with Crippen molar-refractivity contribution in [2.24, 2.45) is 11.8 Å². The van der Waals surface area contributed by atoms with Gasteiger partial charge in [0.05, 0.1) is 13.2 Å². The molecule has 2 rings (SSSR count). The van der Waals surface area contributed by atoms with Crippen LogP contribution < -0.4 is 0 Å². The lowest BCUT2D eigenvalue weighted by atomic mass is 10.1. The predicted octanol–water partition coefficient (Wildman–Crippen LogP) is 5.56. The molecule has 0 spiro atoms. The molecule has 1 aliphatic carbocycles. The molecule has 0 aromatic heterocycles. The molecule has 0 aromatic carbocycles. The van der Waals surface area contributed by atoms with Gasteiger partial charge in [0.25, 0.3) is 0 Å². The molecule has 2 aliphatic rings. The van der Waals surface area contributed by atoms with Crippen LogP contribution in [0.3, 0.4) is 0 Å². The maximum atomic E-state index is 4.90. The van der Waals surface area contributed by atoms with Gasteiger partial charge in [-0.1, -0.05) is 87.1 Å². The molecule has 1 saturated carbocycles. The SMILES string of the molecule is BrCC1COC1.CCCCCCCCCC1CC1. The lowest BCUT2D eigenvalue weighted by molar-refractivity contribution is -0.0190. The van der Waals surface area contributed by atoms with E-state index in [0.717, 1.165) is 30.4 Å². The molecular formula is C16H31BrO. The third-order valence-corrected chi connectivity index (χ3v) is 4.75. The zero-order chi connectivity index (χ0) is 13.1. The normalized spacial score (nSPS) is 19.0. The standard InChI is InChI=1S/C12H24.C4H7BrO/c1-2-3-4-5-6-7-8-9-12-10-11-12;5-1-4-2-6-3-4/h12H,2-11H2,1H3;4H,1-3H2. The number of halogens is 1. The van der Waals surface area contributed by atoms with Crippen LogP contribution in [-0.2, 0) is 4.74 Å². The van der Waals surface area contributed by atoms with Crippen LogP contribution in [0.4, 0.5) is 0 Å². The van der Waals surface area contributed by atoms with Gasteiger partial charge in [-0.2, -0.15) is 0 Å². The van der Waals surface area contributed by atoms with Crippen molar-refractivity contribution < 1.29 is 4.74 Å². The fourth-order valence-electron chi connectivity index (χ4n) is 2.17. The first-order valence-corrected chi connectivity index (χ1v) is 9.12. The van der Waals surface area contributed by atoms with Crippen LogP contribution in [-0.4, -0.2) is 18.5 Å². The molecule has 0 atom stereocenters. The van der Waals surface area contributed by atoms with Crippen molar-refractivity contribution in [2.45, 2.75) is 71.1 Å². The largest absolute Gasteiger partial charge is 0.381 e. The van der Waals surface area contributed by atoms with Gasteiger partial charge < -0.3 is 4.74 Å². The van der Waals surface area contributed by atoms with E-state index in [1.54, 1.807) is 0 Å². The Morgan fingerprint density at radius 1 is 0.889 bits per heavy atom. The molecule has 18 heavy (non-hydrogen) atoms. The minimum absolute atomic E-state index is 0.810. The first kappa shape index (κ1) is 16.5. The molecule has 0 unspecified atom stereocenters. The van der Waals surface area contributed by atoms with Crippen LogP contribution in [0, 0.1) is 11.8 Å². The molecule has 0 bridgehead atoms. The number of rotatable bonds is 9. The van der Waals surface area contributed by atoms with Crippen LogP contribution >= 0.6 is 15.9 Å². The van der Waals surface area contributed by atoms with Crippen molar-refractivity contribution in [2.75, 3.05) is 18.5 Å². The summed E-state index contributed by atoms with van der Waals surface area (Å²) in [5.74, 6) is 1.96. The molecule has 1 aliphatic heterocycles. The number of alkyl halides is 1. The van der Waals surface area contributed by atoms with E-state index in [2.05, 4.69) is 22.9 Å². The lowest BCUT2D eigenvalue weighted by Crippen LogP contribution is -2.28. The van der Waals surface area contributed by atoms with Crippen molar-refractivity contribution in [3.8, 4) is 0 Å². The van der Waals surface area contributed by atoms with Gasteiger partial charge in [-0.25, -0.2) is 0 Å². The monoisotopic (exact) mass is 318 g/mol. The van der Waals surface area contributed by atoms with Gasteiger partial charge in [0.15, 0.2) is 0 Å².